The Morgan fingerprint density at radius 3 is 1.86 bits per heavy atom. The molecule has 28 heavy (non-hydrogen) atoms. The molecule has 0 aliphatic heterocycles. The van der Waals surface area contributed by atoms with Gasteiger partial charge >= 0.3 is 11.9 Å². The third kappa shape index (κ3) is 9.35. The molecule has 0 heterocycles. The van der Waals surface area contributed by atoms with Crippen molar-refractivity contribution in [2.45, 2.75) is 13.2 Å². The van der Waals surface area contributed by atoms with Crippen LogP contribution in [-0.4, -0.2) is 40.1 Å². The van der Waals surface area contributed by atoms with E-state index in [9.17, 15) is 0 Å². The minimum absolute atomic E-state index is 0.596. The molecule has 0 saturated heterocycles. The number of carboxylic acids is 2. The highest BCUT2D eigenvalue weighted by molar-refractivity contribution is 6.27. The van der Waals surface area contributed by atoms with E-state index in [-0.39, 0.29) is 0 Å². The van der Waals surface area contributed by atoms with E-state index in [0.29, 0.717) is 6.61 Å². The number of hydrogen-bond donors (Lipinski definition) is 2. The van der Waals surface area contributed by atoms with Crippen LogP contribution in [0.3, 0.4) is 0 Å². The minimum atomic E-state index is -1.82. The first kappa shape index (κ1) is 22.7. The summed E-state index contributed by atoms with van der Waals surface area (Å²) in [7, 11) is 0. The van der Waals surface area contributed by atoms with Crippen LogP contribution in [0, 0.1) is 0 Å². The molecule has 2 rings (SSSR count). The summed E-state index contributed by atoms with van der Waals surface area (Å²) in [6.45, 7) is 10.8. The second-order valence-corrected chi connectivity index (χ2v) is 5.80. The summed E-state index contributed by atoms with van der Waals surface area (Å²) in [5, 5.41) is 14.8. The Balaban J connectivity index is 0.000000568. The molecule has 0 bridgehead atoms. The van der Waals surface area contributed by atoms with Crippen LogP contribution in [0.2, 0.25) is 0 Å². The van der Waals surface area contributed by atoms with Gasteiger partial charge in [-0.15, -0.1) is 13.2 Å². The van der Waals surface area contributed by atoms with Gasteiger partial charge in [0.2, 0.25) is 0 Å². The van der Waals surface area contributed by atoms with Crippen LogP contribution >= 0.6 is 0 Å². The lowest BCUT2D eigenvalue weighted by molar-refractivity contribution is -0.159. The number of rotatable bonds is 9. The molecule has 2 aromatic rings. The van der Waals surface area contributed by atoms with Gasteiger partial charge in [0, 0.05) is 19.6 Å². The summed E-state index contributed by atoms with van der Waals surface area (Å²) < 4.78 is 5.80. The van der Waals surface area contributed by atoms with E-state index in [0.717, 1.165) is 25.4 Å². The van der Waals surface area contributed by atoms with Crippen LogP contribution in [0.15, 0.2) is 79.9 Å². The lowest BCUT2D eigenvalue weighted by Gasteiger charge is -2.18. The molecule has 2 aromatic carbocycles. The number of nitrogens with zero attached hydrogens (tertiary/aromatic N) is 1. The molecular weight excluding hydrogens is 358 g/mol. The summed E-state index contributed by atoms with van der Waals surface area (Å²) in [5.41, 5.74) is 2.44. The van der Waals surface area contributed by atoms with Crippen LogP contribution in [0.4, 0.5) is 0 Å². The fraction of sp³-hybridized carbons (Fsp3) is 0.182. The normalized spacial score (nSPS) is 9.75. The van der Waals surface area contributed by atoms with Gasteiger partial charge in [-0.1, -0.05) is 54.6 Å². The van der Waals surface area contributed by atoms with Crippen molar-refractivity contribution in [3.63, 3.8) is 0 Å². The summed E-state index contributed by atoms with van der Waals surface area (Å²) >= 11 is 0. The van der Waals surface area contributed by atoms with Crippen LogP contribution in [0.1, 0.15) is 11.1 Å². The second-order valence-electron chi connectivity index (χ2n) is 5.80. The molecule has 0 fully saturated rings. The topological polar surface area (TPSA) is 87.1 Å². The Hall–Kier alpha value is -3.38. The van der Waals surface area contributed by atoms with Gasteiger partial charge in [0.1, 0.15) is 12.4 Å². The number of benzene rings is 2. The van der Waals surface area contributed by atoms with E-state index in [4.69, 9.17) is 24.5 Å². The van der Waals surface area contributed by atoms with Gasteiger partial charge in [0.05, 0.1) is 0 Å². The highest BCUT2D eigenvalue weighted by Gasteiger charge is 2.04. The fourth-order valence-corrected chi connectivity index (χ4v) is 2.26. The van der Waals surface area contributed by atoms with Crippen molar-refractivity contribution in [2.24, 2.45) is 0 Å². The van der Waals surface area contributed by atoms with Crippen molar-refractivity contribution in [1.29, 1.82) is 0 Å². The summed E-state index contributed by atoms with van der Waals surface area (Å²) in [6, 6.07) is 18.5. The Morgan fingerprint density at radius 1 is 0.857 bits per heavy atom. The fourth-order valence-electron chi connectivity index (χ4n) is 2.26. The van der Waals surface area contributed by atoms with Gasteiger partial charge in [-0.3, -0.25) is 4.90 Å². The first-order chi connectivity index (χ1) is 13.5. The smallest absolute Gasteiger partial charge is 0.414 e. The molecule has 6 nitrogen and oxygen atoms in total. The zero-order valence-electron chi connectivity index (χ0n) is 15.7. The third-order valence-electron chi connectivity index (χ3n) is 3.54. The predicted octanol–water partition coefficient (Wildman–Crippen LogP) is 3.60. The van der Waals surface area contributed by atoms with E-state index < -0.39 is 11.9 Å². The van der Waals surface area contributed by atoms with Gasteiger partial charge < -0.3 is 14.9 Å². The predicted molar refractivity (Wildman–Crippen MR) is 108 cm³/mol. The molecule has 2 N–H and O–H groups in total. The van der Waals surface area contributed by atoms with Crippen molar-refractivity contribution >= 4 is 11.9 Å². The van der Waals surface area contributed by atoms with Crippen molar-refractivity contribution in [2.75, 3.05) is 13.1 Å². The Morgan fingerprint density at radius 2 is 1.39 bits per heavy atom. The summed E-state index contributed by atoms with van der Waals surface area (Å²) in [4.78, 5) is 20.5. The number of carbonyl (C=O) groups is 2. The van der Waals surface area contributed by atoms with E-state index >= 15 is 0 Å². The molecule has 0 saturated carbocycles. The molecule has 148 valence electrons. The van der Waals surface area contributed by atoms with E-state index in [1.807, 2.05) is 42.5 Å². The zero-order valence-corrected chi connectivity index (χ0v) is 15.7. The second kappa shape index (κ2) is 12.9. The molecule has 0 amide bonds. The van der Waals surface area contributed by atoms with Gasteiger partial charge in [0.15, 0.2) is 0 Å². The van der Waals surface area contributed by atoms with Crippen molar-refractivity contribution in [3.05, 3.63) is 91.0 Å². The van der Waals surface area contributed by atoms with Gasteiger partial charge in [-0.2, -0.15) is 0 Å². The first-order valence-electron chi connectivity index (χ1n) is 8.62. The van der Waals surface area contributed by atoms with Gasteiger partial charge in [0.25, 0.3) is 0 Å². The van der Waals surface area contributed by atoms with Gasteiger partial charge in [-0.25, -0.2) is 9.59 Å². The van der Waals surface area contributed by atoms with Crippen molar-refractivity contribution in [3.8, 4) is 5.75 Å². The Labute approximate surface area is 165 Å². The average molecular weight is 383 g/mol. The van der Waals surface area contributed by atoms with Gasteiger partial charge in [-0.05, 0) is 23.3 Å². The molecule has 0 radical (unpaired) electrons. The number of aliphatic carboxylic acids is 2. The van der Waals surface area contributed by atoms with Crippen LogP contribution in [-0.2, 0) is 22.7 Å². The van der Waals surface area contributed by atoms with E-state index in [2.05, 4.69) is 42.3 Å². The molecule has 0 unspecified atom stereocenters. The standard InChI is InChI=1S/C20H23NO.C2H2O4/c1-3-14-21(15-4-2)16-18-10-12-20(13-11-18)22-17-19-8-6-5-7-9-19;3-1(4)2(5)6/h3-13H,1-2,14-17H2;(H,3,4)(H,5,6). The largest absolute Gasteiger partial charge is 0.489 e. The summed E-state index contributed by atoms with van der Waals surface area (Å²) in [5.74, 6) is -2.75. The van der Waals surface area contributed by atoms with Crippen LogP contribution in [0.25, 0.3) is 0 Å². The zero-order chi connectivity index (χ0) is 20.8. The molecule has 0 spiro atoms. The average Bonchev–Trinajstić information content (AvgIpc) is 2.69. The molecule has 6 heteroatoms. The first-order valence-corrected chi connectivity index (χ1v) is 8.62. The molecular formula is C22H25NO5. The molecule has 0 atom stereocenters. The maximum atomic E-state index is 9.10. The van der Waals surface area contributed by atoms with E-state index in [1.54, 1.807) is 0 Å². The molecule has 0 aliphatic rings. The Kier molecular flexibility index (Phi) is 10.4. The SMILES string of the molecule is C=CCN(CC=C)Cc1ccc(OCc2ccccc2)cc1.O=C(O)C(=O)O. The third-order valence-corrected chi connectivity index (χ3v) is 3.54. The highest BCUT2D eigenvalue weighted by Crippen LogP contribution is 2.15. The number of hydrogen-bond acceptors (Lipinski definition) is 4. The minimum Gasteiger partial charge on any atom is -0.489 e. The molecule has 0 aromatic heterocycles. The number of ether oxygens (including phenoxy) is 1. The monoisotopic (exact) mass is 383 g/mol. The lowest BCUT2D eigenvalue weighted by atomic mass is 10.2. The highest BCUT2D eigenvalue weighted by atomic mass is 16.5. The van der Waals surface area contributed by atoms with Crippen molar-refractivity contribution < 1.29 is 24.5 Å². The maximum Gasteiger partial charge on any atom is 0.414 e. The number of carboxylic acid groups (broad SMARTS) is 2. The Bertz CT molecular complexity index is 734. The molecule has 0 aliphatic carbocycles. The quantitative estimate of drug-likeness (QED) is 0.508. The maximum absolute atomic E-state index is 9.10. The summed E-state index contributed by atoms with van der Waals surface area (Å²) in [6.07, 6.45) is 3.84. The van der Waals surface area contributed by atoms with Crippen LogP contribution in [0.5, 0.6) is 5.75 Å². The van der Waals surface area contributed by atoms with E-state index in [1.165, 1.54) is 11.1 Å². The lowest BCUT2D eigenvalue weighted by Crippen LogP contribution is -2.23. The van der Waals surface area contributed by atoms with Crippen LogP contribution < -0.4 is 4.74 Å². The van der Waals surface area contributed by atoms with Crippen molar-refractivity contribution in [1.82, 2.24) is 4.90 Å².